The van der Waals surface area contributed by atoms with E-state index >= 15 is 0 Å². The van der Waals surface area contributed by atoms with Gasteiger partial charge < -0.3 is 5.43 Å². The van der Waals surface area contributed by atoms with Gasteiger partial charge in [-0.05, 0) is 30.3 Å². The fourth-order valence-corrected chi connectivity index (χ4v) is 2.79. The van der Waals surface area contributed by atoms with Crippen molar-refractivity contribution in [2.45, 2.75) is 4.90 Å². The molecule has 1 heterocycles. The molecule has 0 bridgehead atoms. The molecule has 2 rings (SSSR count). The van der Waals surface area contributed by atoms with Crippen molar-refractivity contribution in [1.82, 2.24) is 9.19 Å². The van der Waals surface area contributed by atoms with Gasteiger partial charge in [-0.3, -0.25) is 4.79 Å². The minimum absolute atomic E-state index is 0.0422. The Morgan fingerprint density at radius 3 is 2.37 bits per heavy atom. The predicted molar refractivity (Wildman–Crippen MR) is 73.0 cm³/mol. The highest BCUT2D eigenvalue weighted by molar-refractivity contribution is 9.10. The van der Waals surface area contributed by atoms with Crippen LogP contribution in [-0.4, -0.2) is 17.6 Å². The third-order valence-corrected chi connectivity index (χ3v) is 4.37. The molecule has 0 spiro atoms. The van der Waals surface area contributed by atoms with Crippen molar-refractivity contribution in [2.24, 2.45) is 5.84 Å². The van der Waals surface area contributed by atoms with Gasteiger partial charge in [-0.25, -0.2) is 5.84 Å². The Bertz CT molecular complexity index is 755. The third kappa shape index (κ3) is 2.67. The van der Waals surface area contributed by atoms with Crippen LogP contribution in [0.4, 0.5) is 5.82 Å². The first-order valence-corrected chi connectivity index (χ1v) is 7.26. The molecule has 0 saturated carbocycles. The molecule has 9 heteroatoms. The van der Waals surface area contributed by atoms with Crippen LogP contribution < -0.4 is 16.8 Å². The topological polar surface area (TPSA) is 107 Å². The molecular weight excluding hydrogens is 336 g/mol. The molecule has 1 aromatic carbocycles. The quantitative estimate of drug-likeness (QED) is 0.621. The predicted octanol–water partition coefficient (Wildman–Crippen LogP) is 0.528. The van der Waals surface area contributed by atoms with Crippen molar-refractivity contribution < 1.29 is 8.42 Å². The fraction of sp³-hybridized carbons (Fsp3) is 0. The second-order valence-electron chi connectivity index (χ2n) is 3.50. The summed E-state index contributed by atoms with van der Waals surface area (Å²) in [5, 5.41) is 3.63. The van der Waals surface area contributed by atoms with Gasteiger partial charge in [0.1, 0.15) is 0 Å². The van der Waals surface area contributed by atoms with E-state index in [-0.39, 0.29) is 10.7 Å². The van der Waals surface area contributed by atoms with Gasteiger partial charge in [-0.1, -0.05) is 15.9 Å². The van der Waals surface area contributed by atoms with Crippen LogP contribution in [0.25, 0.3) is 0 Å². The Morgan fingerprint density at radius 2 is 1.79 bits per heavy atom. The molecule has 0 aliphatic carbocycles. The van der Waals surface area contributed by atoms with Crippen LogP contribution in [0.1, 0.15) is 0 Å². The SMILES string of the molecule is NNc1ccc(=O)n(S(=O)(=O)c2ccc(Br)cc2)n1. The number of hydrogen-bond acceptors (Lipinski definition) is 6. The third-order valence-electron chi connectivity index (χ3n) is 2.26. The van der Waals surface area contributed by atoms with Crippen LogP contribution in [0, 0.1) is 0 Å². The molecule has 0 aliphatic heterocycles. The molecule has 2 aromatic rings. The lowest BCUT2D eigenvalue weighted by molar-refractivity contribution is 0.576. The van der Waals surface area contributed by atoms with E-state index in [4.69, 9.17) is 5.84 Å². The van der Waals surface area contributed by atoms with E-state index in [1.54, 1.807) is 12.1 Å². The summed E-state index contributed by atoms with van der Waals surface area (Å²) in [7, 11) is -4.04. The van der Waals surface area contributed by atoms with Crippen LogP contribution in [0.2, 0.25) is 0 Å². The van der Waals surface area contributed by atoms with Crippen LogP contribution >= 0.6 is 15.9 Å². The van der Waals surface area contributed by atoms with Crippen molar-refractivity contribution in [1.29, 1.82) is 0 Å². The molecule has 0 amide bonds. The number of nitrogens with zero attached hydrogens (tertiary/aromatic N) is 2. The highest BCUT2D eigenvalue weighted by atomic mass is 79.9. The van der Waals surface area contributed by atoms with Gasteiger partial charge >= 0.3 is 0 Å². The summed E-state index contributed by atoms with van der Waals surface area (Å²) < 4.78 is 25.6. The van der Waals surface area contributed by atoms with E-state index in [9.17, 15) is 13.2 Å². The lowest BCUT2D eigenvalue weighted by Crippen LogP contribution is -2.30. The van der Waals surface area contributed by atoms with Gasteiger partial charge in [0, 0.05) is 10.5 Å². The lowest BCUT2D eigenvalue weighted by Gasteiger charge is -2.07. The van der Waals surface area contributed by atoms with Crippen molar-refractivity contribution in [3.63, 3.8) is 0 Å². The number of benzene rings is 1. The highest BCUT2D eigenvalue weighted by Crippen LogP contribution is 2.16. The normalized spacial score (nSPS) is 11.3. The summed E-state index contributed by atoms with van der Waals surface area (Å²) in [6, 6.07) is 8.21. The van der Waals surface area contributed by atoms with Crippen LogP contribution in [0.5, 0.6) is 0 Å². The van der Waals surface area contributed by atoms with E-state index in [2.05, 4.69) is 26.5 Å². The van der Waals surface area contributed by atoms with E-state index in [0.29, 0.717) is 4.09 Å². The first kappa shape index (κ1) is 13.7. The zero-order valence-corrected chi connectivity index (χ0v) is 11.8. The highest BCUT2D eigenvalue weighted by Gasteiger charge is 2.19. The van der Waals surface area contributed by atoms with Crippen molar-refractivity contribution in [3.8, 4) is 0 Å². The number of nitrogens with two attached hydrogens (primary N) is 1. The number of nitrogens with one attached hydrogen (secondary N) is 1. The second-order valence-corrected chi connectivity index (χ2v) is 6.19. The van der Waals surface area contributed by atoms with Gasteiger partial charge in [0.05, 0.1) is 4.90 Å². The summed E-state index contributed by atoms with van der Waals surface area (Å²) in [6.07, 6.45) is 0. The number of anilines is 1. The van der Waals surface area contributed by atoms with Crippen LogP contribution in [-0.2, 0) is 10.0 Å². The summed E-state index contributed by atoms with van der Waals surface area (Å²) in [5.74, 6) is 5.21. The molecule has 0 atom stereocenters. The summed E-state index contributed by atoms with van der Waals surface area (Å²) in [5.41, 5.74) is 1.42. The van der Waals surface area contributed by atoms with Crippen molar-refractivity contribution in [2.75, 3.05) is 5.43 Å². The van der Waals surface area contributed by atoms with Crippen LogP contribution in [0.3, 0.4) is 0 Å². The number of hydrogen-bond donors (Lipinski definition) is 2. The monoisotopic (exact) mass is 344 g/mol. The van der Waals surface area contributed by atoms with Gasteiger partial charge in [-0.15, -0.1) is 9.19 Å². The molecule has 0 unspecified atom stereocenters. The number of hydrazine groups is 1. The number of rotatable bonds is 3. The zero-order valence-electron chi connectivity index (χ0n) is 9.45. The summed E-state index contributed by atoms with van der Waals surface area (Å²) >= 11 is 3.20. The molecule has 1 aromatic heterocycles. The average Bonchev–Trinajstić information content (AvgIpc) is 2.39. The minimum Gasteiger partial charge on any atom is -0.307 e. The molecule has 0 aliphatic rings. The Kier molecular flexibility index (Phi) is 3.69. The van der Waals surface area contributed by atoms with Crippen molar-refractivity contribution in [3.05, 3.63) is 51.2 Å². The average molecular weight is 345 g/mol. The summed E-state index contributed by atoms with van der Waals surface area (Å²) in [4.78, 5) is 11.6. The maximum atomic E-state index is 12.3. The molecule has 19 heavy (non-hydrogen) atoms. The lowest BCUT2D eigenvalue weighted by atomic mass is 10.4. The molecule has 7 nitrogen and oxygen atoms in total. The van der Waals surface area contributed by atoms with E-state index in [1.165, 1.54) is 18.2 Å². The molecule has 3 N–H and O–H groups in total. The number of halogens is 1. The maximum absolute atomic E-state index is 12.3. The maximum Gasteiger partial charge on any atom is 0.286 e. The smallest absolute Gasteiger partial charge is 0.286 e. The first-order valence-electron chi connectivity index (χ1n) is 5.03. The minimum atomic E-state index is -4.04. The van der Waals surface area contributed by atoms with E-state index in [1.807, 2.05) is 0 Å². The molecule has 0 saturated heterocycles. The Balaban J connectivity index is 2.62. The van der Waals surface area contributed by atoms with Crippen LogP contribution in [0.15, 0.2) is 50.6 Å². The molecule has 0 radical (unpaired) electrons. The second kappa shape index (κ2) is 5.11. The summed E-state index contributed by atoms with van der Waals surface area (Å²) in [6.45, 7) is 0. The number of aromatic nitrogens is 2. The van der Waals surface area contributed by atoms with E-state index in [0.717, 1.165) is 10.5 Å². The van der Waals surface area contributed by atoms with Gasteiger partial charge in [0.15, 0.2) is 5.82 Å². The first-order chi connectivity index (χ1) is 8.95. The van der Waals surface area contributed by atoms with Gasteiger partial charge in [0.2, 0.25) is 0 Å². The fourth-order valence-electron chi connectivity index (χ4n) is 1.35. The Hall–Kier alpha value is -1.71. The standard InChI is InChI=1S/C10H9BrN4O3S/c11-7-1-3-8(4-2-7)19(17,18)15-10(16)6-5-9(13-12)14-15/h1-6H,12H2,(H,13,14). The van der Waals surface area contributed by atoms with Gasteiger partial charge in [-0.2, -0.15) is 8.42 Å². The Labute approximate surface area is 117 Å². The van der Waals surface area contributed by atoms with Gasteiger partial charge in [0.25, 0.3) is 15.6 Å². The van der Waals surface area contributed by atoms with Crippen molar-refractivity contribution >= 4 is 31.8 Å². The molecule has 0 fully saturated rings. The number of nitrogen functional groups attached to an aromatic ring is 1. The zero-order chi connectivity index (χ0) is 14.0. The largest absolute Gasteiger partial charge is 0.307 e. The molecular formula is C10H9BrN4O3S. The van der Waals surface area contributed by atoms with E-state index < -0.39 is 15.6 Å². The Morgan fingerprint density at radius 1 is 1.16 bits per heavy atom. The molecule has 100 valence electrons.